The third-order valence-corrected chi connectivity index (χ3v) is 4.83. The van der Waals surface area contributed by atoms with Crippen molar-refractivity contribution in [1.82, 2.24) is 10.2 Å². The average Bonchev–Trinajstić information content (AvgIpc) is 2.46. The quantitative estimate of drug-likeness (QED) is 0.866. The SMILES string of the molecule is CCC1CNC(Cc2ccccc2)CN1CCS(C)=O. The molecule has 0 radical (unpaired) electrons. The highest BCUT2D eigenvalue weighted by Crippen LogP contribution is 2.13. The van der Waals surface area contributed by atoms with Crippen LogP contribution in [0.25, 0.3) is 0 Å². The number of hydrogen-bond donors (Lipinski definition) is 1. The maximum Gasteiger partial charge on any atom is 0.0359 e. The first-order valence-electron chi connectivity index (χ1n) is 7.50. The van der Waals surface area contributed by atoms with E-state index in [1.54, 1.807) is 6.26 Å². The van der Waals surface area contributed by atoms with Crippen molar-refractivity contribution in [3.8, 4) is 0 Å². The van der Waals surface area contributed by atoms with E-state index < -0.39 is 10.8 Å². The smallest absolute Gasteiger partial charge is 0.0359 e. The topological polar surface area (TPSA) is 32.3 Å². The molecule has 1 aliphatic rings. The molecule has 1 aromatic rings. The van der Waals surface area contributed by atoms with Crippen molar-refractivity contribution in [3.05, 3.63) is 35.9 Å². The molecule has 0 amide bonds. The van der Waals surface area contributed by atoms with Gasteiger partial charge in [0.25, 0.3) is 0 Å². The van der Waals surface area contributed by atoms with E-state index in [9.17, 15) is 4.21 Å². The molecule has 0 aromatic heterocycles. The van der Waals surface area contributed by atoms with E-state index in [4.69, 9.17) is 0 Å². The van der Waals surface area contributed by atoms with E-state index in [0.717, 1.165) is 38.2 Å². The largest absolute Gasteiger partial charge is 0.311 e. The van der Waals surface area contributed by atoms with Gasteiger partial charge in [0.05, 0.1) is 0 Å². The summed E-state index contributed by atoms with van der Waals surface area (Å²) in [7, 11) is -0.695. The van der Waals surface area contributed by atoms with Crippen LogP contribution in [-0.2, 0) is 17.2 Å². The predicted molar refractivity (Wildman–Crippen MR) is 86.5 cm³/mol. The van der Waals surface area contributed by atoms with Crippen molar-refractivity contribution >= 4 is 10.8 Å². The van der Waals surface area contributed by atoms with Crippen molar-refractivity contribution in [2.24, 2.45) is 0 Å². The van der Waals surface area contributed by atoms with Gasteiger partial charge in [0.2, 0.25) is 0 Å². The highest BCUT2D eigenvalue weighted by molar-refractivity contribution is 7.84. The Labute approximate surface area is 125 Å². The van der Waals surface area contributed by atoms with Crippen molar-refractivity contribution in [1.29, 1.82) is 0 Å². The van der Waals surface area contributed by atoms with Gasteiger partial charge in [-0.15, -0.1) is 0 Å². The molecular weight excluding hydrogens is 268 g/mol. The van der Waals surface area contributed by atoms with Gasteiger partial charge in [0.15, 0.2) is 0 Å². The molecule has 0 saturated carbocycles. The maximum atomic E-state index is 11.3. The highest BCUT2D eigenvalue weighted by Gasteiger charge is 2.26. The van der Waals surface area contributed by atoms with E-state index in [1.165, 1.54) is 5.56 Å². The van der Waals surface area contributed by atoms with Gasteiger partial charge < -0.3 is 5.32 Å². The first kappa shape index (κ1) is 15.7. The third-order valence-electron chi connectivity index (χ3n) is 4.08. The monoisotopic (exact) mass is 294 g/mol. The number of nitrogens with one attached hydrogen (secondary N) is 1. The Morgan fingerprint density at radius 1 is 1.35 bits per heavy atom. The molecule has 1 N–H and O–H groups in total. The second-order valence-electron chi connectivity index (χ2n) is 5.63. The molecule has 1 fully saturated rings. The third kappa shape index (κ3) is 4.69. The Hall–Kier alpha value is -0.710. The molecule has 3 unspecified atom stereocenters. The number of nitrogens with zero attached hydrogens (tertiary/aromatic N) is 1. The van der Waals surface area contributed by atoms with Crippen molar-refractivity contribution in [2.75, 3.05) is 31.6 Å². The highest BCUT2D eigenvalue weighted by atomic mass is 32.2. The Balaban J connectivity index is 1.91. The molecule has 0 bridgehead atoms. The first-order valence-corrected chi connectivity index (χ1v) is 9.23. The van der Waals surface area contributed by atoms with E-state index in [2.05, 4.69) is 47.5 Å². The summed E-state index contributed by atoms with van der Waals surface area (Å²) >= 11 is 0. The van der Waals surface area contributed by atoms with Gasteiger partial charge in [-0.1, -0.05) is 37.3 Å². The molecule has 1 heterocycles. The molecule has 1 aliphatic heterocycles. The summed E-state index contributed by atoms with van der Waals surface area (Å²) in [5.74, 6) is 0.786. The van der Waals surface area contributed by atoms with Gasteiger partial charge in [-0.3, -0.25) is 9.11 Å². The Morgan fingerprint density at radius 3 is 2.75 bits per heavy atom. The second kappa shape index (κ2) is 7.91. The maximum absolute atomic E-state index is 11.3. The lowest BCUT2D eigenvalue weighted by Crippen LogP contribution is -2.57. The summed E-state index contributed by atoms with van der Waals surface area (Å²) < 4.78 is 11.3. The van der Waals surface area contributed by atoms with E-state index >= 15 is 0 Å². The minimum Gasteiger partial charge on any atom is -0.311 e. The Morgan fingerprint density at radius 2 is 2.10 bits per heavy atom. The van der Waals surface area contributed by atoms with Gasteiger partial charge >= 0.3 is 0 Å². The van der Waals surface area contributed by atoms with Gasteiger partial charge in [-0.05, 0) is 18.4 Å². The summed E-state index contributed by atoms with van der Waals surface area (Å²) in [5, 5.41) is 3.67. The van der Waals surface area contributed by atoms with Crippen LogP contribution in [0.2, 0.25) is 0 Å². The fourth-order valence-electron chi connectivity index (χ4n) is 2.89. The van der Waals surface area contributed by atoms with E-state index in [0.29, 0.717) is 12.1 Å². The molecule has 0 aliphatic carbocycles. The van der Waals surface area contributed by atoms with Crippen LogP contribution >= 0.6 is 0 Å². The van der Waals surface area contributed by atoms with Crippen LogP contribution in [0.3, 0.4) is 0 Å². The van der Waals surface area contributed by atoms with E-state index in [-0.39, 0.29) is 0 Å². The zero-order valence-corrected chi connectivity index (χ0v) is 13.4. The molecular formula is C16H26N2OS. The summed E-state index contributed by atoms with van der Waals surface area (Å²) in [4.78, 5) is 2.52. The molecule has 3 atom stereocenters. The van der Waals surface area contributed by atoms with Crippen LogP contribution < -0.4 is 5.32 Å². The molecule has 112 valence electrons. The van der Waals surface area contributed by atoms with Crippen molar-refractivity contribution in [2.45, 2.75) is 31.8 Å². The molecule has 2 rings (SSSR count). The average molecular weight is 294 g/mol. The molecule has 1 aromatic carbocycles. The van der Waals surface area contributed by atoms with Crippen LogP contribution in [-0.4, -0.2) is 52.8 Å². The number of benzene rings is 1. The summed E-state index contributed by atoms with van der Waals surface area (Å²) in [6, 6.07) is 11.7. The number of piperazine rings is 1. The standard InChI is InChI=1S/C16H26N2OS/c1-3-16-12-17-15(11-14-7-5-4-6-8-14)13-18(16)9-10-20(2)19/h4-8,15-17H,3,9-13H2,1-2H3. The fourth-order valence-corrected chi connectivity index (χ4v) is 3.38. The summed E-state index contributed by atoms with van der Waals surface area (Å²) in [6.45, 7) is 5.29. The van der Waals surface area contributed by atoms with Gasteiger partial charge in [-0.25, -0.2) is 0 Å². The van der Waals surface area contributed by atoms with Gasteiger partial charge in [0.1, 0.15) is 0 Å². The Bertz CT molecular complexity index is 424. The zero-order chi connectivity index (χ0) is 14.4. The van der Waals surface area contributed by atoms with Crippen LogP contribution in [0.1, 0.15) is 18.9 Å². The minimum absolute atomic E-state index is 0.505. The van der Waals surface area contributed by atoms with Crippen molar-refractivity contribution in [3.63, 3.8) is 0 Å². The second-order valence-corrected chi connectivity index (χ2v) is 7.18. The summed E-state index contributed by atoms with van der Waals surface area (Å²) in [6.07, 6.45) is 4.02. The lowest BCUT2D eigenvalue weighted by molar-refractivity contribution is 0.134. The van der Waals surface area contributed by atoms with Crippen LogP contribution in [0, 0.1) is 0 Å². The molecule has 4 heteroatoms. The van der Waals surface area contributed by atoms with Crippen LogP contribution in [0.15, 0.2) is 30.3 Å². The molecule has 3 nitrogen and oxygen atoms in total. The summed E-state index contributed by atoms with van der Waals surface area (Å²) in [5.41, 5.74) is 1.39. The van der Waals surface area contributed by atoms with Gasteiger partial charge in [-0.2, -0.15) is 0 Å². The lowest BCUT2D eigenvalue weighted by Gasteiger charge is -2.40. The normalized spacial score (nSPS) is 25.5. The molecule has 20 heavy (non-hydrogen) atoms. The molecule has 0 spiro atoms. The minimum atomic E-state index is -0.695. The van der Waals surface area contributed by atoms with Crippen LogP contribution in [0.4, 0.5) is 0 Å². The lowest BCUT2D eigenvalue weighted by atomic mass is 10.0. The zero-order valence-electron chi connectivity index (χ0n) is 12.5. The Kier molecular flexibility index (Phi) is 6.20. The fraction of sp³-hybridized carbons (Fsp3) is 0.625. The van der Waals surface area contributed by atoms with E-state index in [1.807, 2.05) is 0 Å². The number of rotatable bonds is 6. The molecule has 1 saturated heterocycles. The number of hydrogen-bond acceptors (Lipinski definition) is 3. The van der Waals surface area contributed by atoms with Crippen molar-refractivity contribution < 1.29 is 4.21 Å². The van der Waals surface area contributed by atoms with Gasteiger partial charge in [0, 0.05) is 54.5 Å². The van der Waals surface area contributed by atoms with Crippen LogP contribution in [0.5, 0.6) is 0 Å². The predicted octanol–water partition coefficient (Wildman–Crippen LogP) is 1.66. The first-order chi connectivity index (χ1) is 9.69.